The maximum absolute atomic E-state index is 13.1. The maximum atomic E-state index is 13.1. The molecule has 0 radical (unpaired) electrons. The molecule has 6 rings (SSSR count). The van der Waals surface area contributed by atoms with Gasteiger partial charge in [-0.05, 0) is 72.9 Å². The van der Waals surface area contributed by atoms with Crippen molar-refractivity contribution < 1.29 is 27.0 Å². The second kappa shape index (κ2) is 8.54. The van der Waals surface area contributed by atoms with Crippen molar-refractivity contribution in [1.82, 2.24) is 9.38 Å². The van der Waals surface area contributed by atoms with Crippen LogP contribution in [0.15, 0.2) is 65.7 Å². The van der Waals surface area contributed by atoms with Gasteiger partial charge in [0.05, 0.1) is 27.6 Å². The van der Waals surface area contributed by atoms with Gasteiger partial charge in [0.1, 0.15) is 11.4 Å². The molecule has 186 valence electrons. The molecule has 4 aromatic rings. The second-order valence-corrected chi connectivity index (χ2v) is 11.8. The lowest BCUT2D eigenvalue weighted by molar-refractivity contribution is -0.0506. The number of rotatable bonds is 6. The summed E-state index contributed by atoms with van der Waals surface area (Å²) in [6.07, 6.45) is 2.64. The molecule has 0 bridgehead atoms. The molecule has 2 aliphatic carbocycles. The standard InChI is InChI=1S/C26H21ClF2N2O4S/c27-16-4-9-22(35-26(28)29)19(11-16)20-12-21(32)24-25(20)31-13-15(3-10-23(31)30-24)14-1-5-17(6-2-14)36(33,34)18-7-8-18/h1-6,9-11,13,18,20-21,26,32H,7-8,12H2. The molecule has 0 saturated heterocycles. The monoisotopic (exact) mass is 530 g/mol. The Kier molecular flexibility index (Phi) is 5.55. The molecule has 36 heavy (non-hydrogen) atoms. The van der Waals surface area contributed by atoms with E-state index in [4.69, 9.17) is 16.3 Å². The summed E-state index contributed by atoms with van der Waals surface area (Å²) in [6, 6.07) is 14.9. The number of aliphatic hydroxyl groups excluding tert-OH is 1. The lowest BCUT2D eigenvalue weighted by Crippen LogP contribution is -2.08. The molecule has 2 atom stereocenters. The van der Waals surface area contributed by atoms with E-state index in [0.717, 1.165) is 11.1 Å². The van der Waals surface area contributed by atoms with E-state index in [0.29, 0.717) is 45.4 Å². The molecule has 6 nitrogen and oxygen atoms in total. The summed E-state index contributed by atoms with van der Waals surface area (Å²) in [5.41, 5.74) is 3.82. The van der Waals surface area contributed by atoms with Gasteiger partial charge in [-0.2, -0.15) is 8.78 Å². The van der Waals surface area contributed by atoms with E-state index < -0.39 is 28.5 Å². The number of ether oxygens (including phenoxy) is 1. The summed E-state index contributed by atoms with van der Waals surface area (Å²) in [4.78, 5) is 4.90. The van der Waals surface area contributed by atoms with Gasteiger partial charge in [0.15, 0.2) is 9.84 Å². The minimum atomic E-state index is -3.28. The van der Waals surface area contributed by atoms with E-state index >= 15 is 0 Å². The highest BCUT2D eigenvalue weighted by Gasteiger charge is 2.38. The van der Waals surface area contributed by atoms with Gasteiger partial charge >= 0.3 is 6.61 Å². The zero-order valence-corrected chi connectivity index (χ0v) is 20.4. The molecule has 0 aliphatic heterocycles. The fourth-order valence-electron chi connectivity index (χ4n) is 4.97. The van der Waals surface area contributed by atoms with Crippen LogP contribution in [-0.2, 0) is 9.84 Å². The largest absolute Gasteiger partial charge is 0.435 e. The number of nitrogens with zero attached hydrogens (tertiary/aromatic N) is 2. The summed E-state index contributed by atoms with van der Waals surface area (Å²) >= 11 is 6.19. The number of aromatic nitrogens is 2. The van der Waals surface area contributed by atoms with Crippen molar-refractivity contribution in [3.63, 3.8) is 0 Å². The van der Waals surface area contributed by atoms with Gasteiger partial charge < -0.3 is 14.2 Å². The Morgan fingerprint density at radius 1 is 1.06 bits per heavy atom. The Morgan fingerprint density at radius 3 is 2.47 bits per heavy atom. The van der Waals surface area contributed by atoms with Crippen LogP contribution in [0.3, 0.4) is 0 Å². The average molecular weight is 531 g/mol. The van der Waals surface area contributed by atoms with Gasteiger partial charge in [-0.1, -0.05) is 23.7 Å². The smallest absolute Gasteiger partial charge is 0.387 e. The average Bonchev–Trinajstić information content (AvgIpc) is 3.58. The van der Waals surface area contributed by atoms with Crippen LogP contribution in [-0.4, -0.2) is 34.8 Å². The van der Waals surface area contributed by atoms with Crippen LogP contribution < -0.4 is 4.74 Å². The van der Waals surface area contributed by atoms with Gasteiger partial charge in [-0.15, -0.1) is 0 Å². The fraction of sp³-hybridized carbons (Fsp3) is 0.269. The second-order valence-electron chi connectivity index (χ2n) is 9.16. The first-order chi connectivity index (χ1) is 17.2. The normalized spacial score (nSPS) is 19.7. The lowest BCUT2D eigenvalue weighted by atomic mass is 9.95. The Hall–Kier alpha value is -3.01. The Labute approximate surface area is 211 Å². The third kappa shape index (κ3) is 3.95. The molecule has 2 aromatic heterocycles. The molecule has 2 heterocycles. The van der Waals surface area contributed by atoms with Gasteiger partial charge in [-0.25, -0.2) is 13.4 Å². The third-order valence-electron chi connectivity index (χ3n) is 6.83. The quantitative estimate of drug-likeness (QED) is 0.343. The third-order valence-corrected chi connectivity index (χ3v) is 9.34. The van der Waals surface area contributed by atoms with Crippen LogP contribution in [0.1, 0.15) is 48.2 Å². The molecule has 2 unspecified atom stereocenters. The van der Waals surface area contributed by atoms with Gasteiger partial charge in [-0.3, -0.25) is 0 Å². The number of hydrogen-bond acceptors (Lipinski definition) is 5. The number of sulfone groups is 1. The van der Waals surface area contributed by atoms with Crippen molar-refractivity contribution in [2.45, 2.75) is 48.0 Å². The van der Waals surface area contributed by atoms with Crippen LogP contribution in [0, 0.1) is 0 Å². The summed E-state index contributed by atoms with van der Waals surface area (Å²) in [6.45, 7) is -3.00. The van der Waals surface area contributed by atoms with Crippen LogP contribution >= 0.6 is 11.6 Å². The number of fused-ring (bicyclic) bond motifs is 3. The van der Waals surface area contributed by atoms with E-state index in [1.165, 1.54) is 12.1 Å². The van der Waals surface area contributed by atoms with Crippen molar-refractivity contribution >= 4 is 27.1 Å². The molecule has 1 N–H and O–H groups in total. The molecular weight excluding hydrogens is 510 g/mol. The van der Waals surface area contributed by atoms with Gasteiger partial charge in [0.25, 0.3) is 0 Å². The number of halogens is 3. The Balaban J connectivity index is 1.43. The number of benzene rings is 2. The lowest BCUT2D eigenvalue weighted by Gasteiger charge is -2.18. The molecule has 2 aliphatic rings. The van der Waals surface area contributed by atoms with Crippen molar-refractivity contribution in [1.29, 1.82) is 0 Å². The Bertz CT molecular complexity index is 1580. The zero-order chi connectivity index (χ0) is 25.2. The van der Waals surface area contributed by atoms with Crippen molar-refractivity contribution in [3.8, 4) is 16.9 Å². The molecule has 1 fully saturated rings. The van der Waals surface area contributed by atoms with Crippen LogP contribution in [0.4, 0.5) is 8.78 Å². The first kappa shape index (κ1) is 23.4. The molecule has 2 aromatic carbocycles. The van der Waals surface area contributed by atoms with Gasteiger partial charge in [0, 0.05) is 22.7 Å². The number of alkyl halides is 2. The predicted molar refractivity (Wildman–Crippen MR) is 130 cm³/mol. The summed E-state index contributed by atoms with van der Waals surface area (Å²) in [5.74, 6) is -0.475. The minimum absolute atomic E-state index is 0.00184. The first-order valence-electron chi connectivity index (χ1n) is 11.5. The van der Waals surface area contributed by atoms with Crippen LogP contribution in [0.25, 0.3) is 16.8 Å². The topological polar surface area (TPSA) is 80.9 Å². The molecule has 1 saturated carbocycles. The SMILES string of the molecule is O=S(=O)(c1ccc(-c2ccc3nc4c(n3c2)C(c2cc(Cl)ccc2OC(F)F)CC4O)cc1)C1CC1. The zero-order valence-electron chi connectivity index (χ0n) is 18.8. The van der Waals surface area contributed by atoms with Crippen molar-refractivity contribution in [2.75, 3.05) is 0 Å². The molecule has 10 heteroatoms. The first-order valence-corrected chi connectivity index (χ1v) is 13.4. The predicted octanol–water partition coefficient (Wildman–Crippen LogP) is 5.76. The van der Waals surface area contributed by atoms with Gasteiger partial charge in [0.2, 0.25) is 0 Å². The fourth-order valence-corrected chi connectivity index (χ4v) is 6.80. The van der Waals surface area contributed by atoms with E-state index in [9.17, 15) is 22.3 Å². The van der Waals surface area contributed by atoms with Crippen molar-refractivity contribution in [2.24, 2.45) is 0 Å². The highest BCUT2D eigenvalue weighted by atomic mass is 35.5. The molecule has 0 amide bonds. The summed E-state index contributed by atoms with van der Waals surface area (Å²) < 4.78 is 57.8. The highest BCUT2D eigenvalue weighted by Crippen LogP contribution is 2.47. The van der Waals surface area contributed by atoms with E-state index in [1.54, 1.807) is 36.4 Å². The Morgan fingerprint density at radius 2 is 1.78 bits per heavy atom. The van der Waals surface area contributed by atoms with Crippen LogP contribution in [0.5, 0.6) is 5.75 Å². The number of aliphatic hydroxyl groups is 1. The molecule has 0 spiro atoms. The number of hydrogen-bond donors (Lipinski definition) is 1. The maximum Gasteiger partial charge on any atom is 0.387 e. The van der Waals surface area contributed by atoms with E-state index in [2.05, 4.69) is 4.98 Å². The summed E-state index contributed by atoms with van der Waals surface area (Å²) in [7, 11) is -3.28. The number of imidazole rings is 1. The summed E-state index contributed by atoms with van der Waals surface area (Å²) in [5, 5.41) is 10.8. The van der Waals surface area contributed by atoms with E-state index in [-0.39, 0.29) is 17.4 Å². The minimum Gasteiger partial charge on any atom is -0.435 e. The molecular formula is C26H21ClF2N2O4S. The van der Waals surface area contributed by atoms with Crippen LogP contribution in [0.2, 0.25) is 5.02 Å². The van der Waals surface area contributed by atoms with E-state index in [1.807, 2.05) is 16.7 Å². The number of pyridine rings is 1. The van der Waals surface area contributed by atoms with Crippen molar-refractivity contribution in [3.05, 3.63) is 82.8 Å². The highest BCUT2D eigenvalue weighted by molar-refractivity contribution is 7.92.